The standard InChI is InChI=1S/C14H16Cl2N4/c1-19-7-10(15)5-11(19)8-20(2)13-6-12(16)17-14(18-13)9-3-4-9/h5-7,9H,3-4,8H2,1-2H3. The number of aryl methyl sites for hydroxylation is 1. The Bertz CT molecular complexity index is 634. The average Bonchev–Trinajstić information content (AvgIpc) is 3.16. The van der Waals surface area contributed by atoms with E-state index in [0.717, 1.165) is 41.7 Å². The van der Waals surface area contributed by atoms with Crippen molar-refractivity contribution in [1.29, 1.82) is 0 Å². The van der Waals surface area contributed by atoms with Crippen LogP contribution in [0.15, 0.2) is 18.3 Å². The van der Waals surface area contributed by atoms with E-state index in [9.17, 15) is 0 Å². The van der Waals surface area contributed by atoms with Gasteiger partial charge in [0.2, 0.25) is 0 Å². The normalized spacial score (nSPS) is 14.6. The quantitative estimate of drug-likeness (QED) is 0.809. The molecule has 2 aromatic rings. The fraction of sp³-hybridized carbons (Fsp3) is 0.429. The number of rotatable bonds is 4. The molecule has 1 aliphatic carbocycles. The van der Waals surface area contributed by atoms with Crippen LogP contribution in [0.2, 0.25) is 10.2 Å². The number of nitrogens with zero attached hydrogens (tertiary/aromatic N) is 4. The summed E-state index contributed by atoms with van der Waals surface area (Å²) in [5, 5.41) is 1.25. The molecule has 0 amide bonds. The molecule has 0 spiro atoms. The van der Waals surface area contributed by atoms with E-state index in [1.54, 1.807) is 6.07 Å². The molecule has 6 heteroatoms. The van der Waals surface area contributed by atoms with Crippen molar-refractivity contribution in [1.82, 2.24) is 14.5 Å². The van der Waals surface area contributed by atoms with Gasteiger partial charge in [0.15, 0.2) is 0 Å². The van der Waals surface area contributed by atoms with Gasteiger partial charge in [-0.15, -0.1) is 0 Å². The number of anilines is 1. The van der Waals surface area contributed by atoms with Gasteiger partial charge in [-0.1, -0.05) is 23.2 Å². The number of hydrogen-bond donors (Lipinski definition) is 0. The molecule has 20 heavy (non-hydrogen) atoms. The van der Waals surface area contributed by atoms with Crippen LogP contribution >= 0.6 is 23.2 Å². The van der Waals surface area contributed by atoms with E-state index >= 15 is 0 Å². The summed E-state index contributed by atoms with van der Waals surface area (Å²) in [5.41, 5.74) is 1.13. The van der Waals surface area contributed by atoms with Gasteiger partial charge in [0, 0.05) is 38.0 Å². The van der Waals surface area contributed by atoms with Crippen LogP contribution in [0.25, 0.3) is 0 Å². The average molecular weight is 311 g/mol. The summed E-state index contributed by atoms with van der Waals surface area (Å²) >= 11 is 12.1. The molecule has 4 nitrogen and oxygen atoms in total. The Morgan fingerprint density at radius 1 is 1.30 bits per heavy atom. The van der Waals surface area contributed by atoms with Crippen molar-refractivity contribution in [2.45, 2.75) is 25.3 Å². The first-order valence-electron chi connectivity index (χ1n) is 6.59. The molecule has 0 unspecified atom stereocenters. The van der Waals surface area contributed by atoms with Crippen molar-refractivity contribution in [2.24, 2.45) is 7.05 Å². The van der Waals surface area contributed by atoms with Crippen LogP contribution in [-0.2, 0) is 13.6 Å². The molecule has 106 valence electrons. The molecule has 0 atom stereocenters. The van der Waals surface area contributed by atoms with Gasteiger partial charge in [-0.05, 0) is 18.9 Å². The van der Waals surface area contributed by atoms with Crippen LogP contribution in [0.1, 0.15) is 30.3 Å². The zero-order valence-corrected chi connectivity index (χ0v) is 13.0. The van der Waals surface area contributed by atoms with Crippen LogP contribution in [0.5, 0.6) is 0 Å². The third-order valence-corrected chi connectivity index (χ3v) is 3.91. The van der Waals surface area contributed by atoms with Crippen molar-refractivity contribution in [3.63, 3.8) is 0 Å². The molecule has 0 radical (unpaired) electrons. The second-order valence-corrected chi connectivity index (χ2v) is 6.12. The zero-order chi connectivity index (χ0) is 14.3. The summed E-state index contributed by atoms with van der Waals surface area (Å²) in [6, 6.07) is 3.76. The van der Waals surface area contributed by atoms with Crippen LogP contribution < -0.4 is 4.90 Å². The molecule has 0 N–H and O–H groups in total. The van der Waals surface area contributed by atoms with Crippen molar-refractivity contribution in [3.05, 3.63) is 40.0 Å². The highest BCUT2D eigenvalue weighted by Crippen LogP contribution is 2.39. The maximum atomic E-state index is 6.10. The lowest BCUT2D eigenvalue weighted by atomic mass is 10.3. The Morgan fingerprint density at radius 3 is 2.65 bits per heavy atom. The molecule has 0 aromatic carbocycles. The first-order chi connectivity index (χ1) is 9.52. The smallest absolute Gasteiger partial charge is 0.135 e. The second kappa shape index (κ2) is 5.26. The maximum Gasteiger partial charge on any atom is 0.135 e. The fourth-order valence-electron chi connectivity index (χ4n) is 2.19. The number of hydrogen-bond acceptors (Lipinski definition) is 3. The Labute approximate surface area is 128 Å². The molecule has 0 saturated heterocycles. The Balaban J connectivity index is 1.82. The van der Waals surface area contributed by atoms with Crippen LogP contribution in [-0.4, -0.2) is 21.6 Å². The Morgan fingerprint density at radius 2 is 2.05 bits per heavy atom. The number of halogens is 2. The monoisotopic (exact) mass is 310 g/mol. The zero-order valence-electron chi connectivity index (χ0n) is 11.5. The Hall–Kier alpha value is -1.26. The molecular formula is C14H16Cl2N4. The lowest BCUT2D eigenvalue weighted by Gasteiger charge is -2.19. The van der Waals surface area contributed by atoms with E-state index in [0.29, 0.717) is 11.1 Å². The molecule has 1 aliphatic rings. The largest absolute Gasteiger partial charge is 0.354 e. The molecule has 3 rings (SSSR count). The second-order valence-electron chi connectivity index (χ2n) is 5.30. The van der Waals surface area contributed by atoms with E-state index in [1.165, 1.54) is 0 Å². The number of aromatic nitrogens is 3. The van der Waals surface area contributed by atoms with Crippen molar-refractivity contribution in [2.75, 3.05) is 11.9 Å². The third-order valence-electron chi connectivity index (χ3n) is 3.51. The van der Waals surface area contributed by atoms with Gasteiger partial charge in [0.05, 0.1) is 11.6 Å². The first kappa shape index (κ1) is 13.7. The summed E-state index contributed by atoms with van der Waals surface area (Å²) in [4.78, 5) is 11.0. The summed E-state index contributed by atoms with van der Waals surface area (Å²) in [6.45, 7) is 0.723. The highest BCUT2D eigenvalue weighted by molar-refractivity contribution is 6.30. The van der Waals surface area contributed by atoms with E-state index in [1.807, 2.05) is 30.9 Å². The van der Waals surface area contributed by atoms with Crippen LogP contribution in [0.4, 0.5) is 5.82 Å². The SMILES string of the molecule is CN(Cc1cc(Cl)cn1C)c1cc(Cl)nc(C2CC2)n1. The summed E-state index contributed by atoms with van der Waals surface area (Å²) in [6.07, 6.45) is 4.22. The van der Waals surface area contributed by atoms with Crippen LogP contribution in [0.3, 0.4) is 0 Å². The molecule has 0 bridgehead atoms. The van der Waals surface area contributed by atoms with Gasteiger partial charge in [0.25, 0.3) is 0 Å². The minimum Gasteiger partial charge on any atom is -0.354 e. The van der Waals surface area contributed by atoms with Crippen molar-refractivity contribution in [3.8, 4) is 0 Å². The highest BCUT2D eigenvalue weighted by Gasteiger charge is 2.27. The first-order valence-corrected chi connectivity index (χ1v) is 7.35. The van der Waals surface area contributed by atoms with Crippen molar-refractivity contribution >= 4 is 29.0 Å². The molecular weight excluding hydrogens is 295 g/mol. The maximum absolute atomic E-state index is 6.10. The molecule has 2 heterocycles. The lowest BCUT2D eigenvalue weighted by Crippen LogP contribution is -2.20. The predicted octanol–water partition coefficient (Wildman–Crippen LogP) is 3.64. The van der Waals surface area contributed by atoms with Gasteiger partial charge < -0.3 is 9.47 Å². The molecule has 0 aliphatic heterocycles. The fourth-order valence-corrected chi connectivity index (χ4v) is 2.65. The van der Waals surface area contributed by atoms with E-state index in [4.69, 9.17) is 23.2 Å². The summed E-state index contributed by atoms with van der Waals surface area (Å²) in [7, 11) is 3.98. The molecule has 2 aromatic heterocycles. The lowest BCUT2D eigenvalue weighted by molar-refractivity contribution is 0.775. The van der Waals surface area contributed by atoms with E-state index in [2.05, 4.69) is 14.9 Å². The van der Waals surface area contributed by atoms with Gasteiger partial charge in [-0.3, -0.25) is 0 Å². The third kappa shape index (κ3) is 2.91. The van der Waals surface area contributed by atoms with E-state index < -0.39 is 0 Å². The van der Waals surface area contributed by atoms with Gasteiger partial charge in [0.1, 0.15) is 16.8 Å². The van der Waals surface area contributed by atoms with E-state index in [-0.39, 0.29) is 0 Å². The van der Waals surface area contributed by atoms with Gasteiger partial charge in [-0.2, -0.15) is 0 Å². The van der Waals surface area contributed by atoms with Gasteiger partial charge >= 0.3 is 0 Å². The highest BCUT2D eigenvalue weighted by atomic mass is 35.5. The summed E-state index contributed by atoms with van der Waals surface area (Å²) in [5.74, 6) is 2.21. The van der Waals surface area contributed by atoms with Crippen LogP contribution in [0, 0.1) is 0 Å². The predicted molar refractivity (Wildman–Crippen MR) is 81.5 cm³/mol. The Kier molecular flexibility index (Phi) is 3.61. The molecule has 1 fully saturated rings. The minimum atomic E-state index is 0.491. The minimum absolute atomic E-state index is 0.491. The van der Waals surface area contributed by atoms with Gasteiger partial charge in [-0.25, -0.2) is 9.97 Å². The molecule has 1 saturated carbocycles. The van der Waals surface area contributed by atoms with Crippen molar-refractivity contribution < 1.29 is 0 Å². The topological polar surface area (TPSA) is 34.0 Å². The summed E-state index contributed by atoms with van der Waals surface area (Å²) < 4.78 is 2.02.